The molecule has 1 atom stereocenters. The number of sulfonamides is 1. The number of benzene rings is 1. The summed E-state index contributed by atoms with van der Waals surface area (Å²) in [5, 5.41) is 0. The number of nitrogens with zero attached hydrogens (tertiary/aromatic N) is 3. The lowest BCUT2D eigenvalue weighted by Crippen LogP contribution is -2.27. The predicted octanol–water partition coefficient (Wildman–Crippen LogP) is 3.86. The first-order valence-corrected chi connectivity index (χ1v) is 10.3. The van der Waals surface area contributed by atoms with E-state index in [0.29, 0.717) is 11.9 Å². The van der Waals surface area contributed by atoms with Gasteiger partial charge < -0.3 is 4.74 Å². The number of hydrogen-bond donors (Lipinski definition) is 1. The minimum absolute atomic E-state index is 0.230. The molecule has 11 heteroatoms. The van der Waals surface area contributed by atoms with E-state index in [1.54, 1.807) is 25.1 Å². The first-order valence-electron chi connectivity index (χ1n) is 8.60. The van der Waals surface area contributed by atoms with Crippen molar-refractivity contribution in [3.63, 3.8) is 0 Å². The lowest BCUT2D eigenvalue weighted by molar-refractivity contribution is -0.198. The Balaban J connectivity index is 2.09. The zero-order valence-corrected chi connectivity index (χ0v) is 16.0. The van der Waals surface area contributed by atoms with E-state index in [4.69, 9.17) is 4.74 Å². The van der Waals surface area contributed by atoms with Crippen LogP contribution in [0.1, 0.15) is 25.0 Å². The number of anilines is 1. The zero-order chi connectivity index (χ0) is 21.1. The molecule has 0 aliphatic heterocycles. The molecule has 0 radical (unpaired) electrons. The van der Waals surface area contributed by atoms with Crippen molar-refractivity contribution in [2.24, 2.45) is 0 Å². The monoisotopic (exact) mass is 426 g/mol. The molecule has 2 aromatic heterocycles. The number of alkyl halides is 3. The van der Waals surface area contributed by atoms with E-state index in [1.807, 2.05) is 0 Å². The quantitative estimate of drug-likeness (QED) is 0.617. The van der Waals surface area contributed by atoms with Gasteiger partial charge >= 0.3 is 6.18 Å². The molecule has 29 heavy (non-hydrogen) atoms. The minimum Gasteiger partial charge on any atom is -0.457 e. The van der Waals surface area contributed by atoms with Gasteiger partial charge in [-0.2, -0.15) is 13.2 Å². The molecular formula is C18H17F3N4O3S. The molecule has 1 unspecified atom stereocenters. The van der Waals surface area contributed by atoms with Crippen molar-refractivity contribution in [1.82, 2.24) is 15.0 Å². The number of fused-ring (bicyclic) bond motifs is 1. The van der Waals surface area contributed by atoms with Crippen molar-refractivity contribution in [3.05, 3.63) is 54.4 Å². The third-order valence-corrected chi connectivity index (χ3v) is 5.23. The number of halogens is 3. The summed E-state index contributed by atoms with van der Waals surface area (Å²) in [6, 6.07) is 8.92. The summed E-state index contributed by atoms with van der Waals surface area (Å²) in [6.45, 7) is 1.66. The lowest BCUT2D eigenvalue weighted by atomic mass is 10.1. The Kier molecular flexibility index (Phi) is 5.87. The normalized spacial score (nSPS) is 13.2. The van der Waals surface area contributed by atoms with Gasteiger partial charge in [-0.25, -0.2) is 18.4 Å². The summed E-state index contributed by atoms with van der Waals surface area (Å²) in [7, 11) is -3.84. The smallest absolute Gasteiger partial charge is 0.429 e. The van der Waals surface area contributed by atoms with Crippen molar-refractivity contribution in [2.75, 3.05) is 10.5 Å². The summed E-state index contributed by atoms with van der Waals surface area (Å²) < 4.78 is 72.7. The van der Waals surface area contributed by atoms with Gasteiger partial charge in [-0.15, -0.1) is 0 Å². The van der Waals surface area contributed by atoms with Crippen molar-refractivity contribution in [1.29, 1.82) is 0 Å². The largest absolute Gasteiger partial charge is 0.457 e. The predicted molar refractivity (Wildman–Crippen MR) is 101 cm³/mol. The Hall–Kier alpha value is -2.95. The zero-order valence-electron chi connectivity index (χ0n) is 15.2. The highest BCUT2D eigenvalue weighted by Crippen LogP contribution is 2.38. The molecule has 7 nitrogen and oxygen atoms in total. The van der Waals surface area contributed by atoms with Crippen LogP contribution in [0.4, 0.5) is 19.0 Å². The van der Waals surface area contributed by atoms with E-state index in [1.165, 1.54) is 24.4 Å². The molecule has 3 rings (SSSR count). The van der Waals surface area contributed by atoms with Crippen molar-refractivity contribution in [3.8, 4) is 5.88 Å². The molecule has 0 bridgehead atoms. The first-order chi connectivity index (χ1) is 13.7. The van der Waals surface area contributed by atoms with Crippen molar-refractivity contribution >= 4 is 26.9 Å². The average Bonchev–Trinajstić information content (AvgIpc) is 2.65. The molecular weight excluding hydrogens is 409 g/mol. The van der Waals surface area contributed by atoms with Crippen LogP contribution in [0.2, 0.25) is 0 Å². The molecule has 0 aliphatic rings. The highest BCUT2D eigenvalue weighted by atomic mass is 32.2. The highest BCUT2D eigenvalue weighted by molar-refractivity contribution is 7.92. The molecule has 154 valence electrons. The van der Waals surface area contributed by atoms with Crippen LogP contribution in [0.15, 0.2) is 48.8 Å². The molecule has 1 N–H and O–H groups in total. The van der Waals surface area contributed by atoms with Crippen LogP contribution in [-0.2, 0) is 10.0 Å². The Morgan fingerprint density at radius 3 is 2.38 bits per heavy atom. The highest BCUT2D eigenvalue weighted by Gasteiger charge is 2.44. The summed E-state index contributed by atoms with van der Waals surface area (Å²) in [4.78, 5) is 11.9. The fraction of sp³-hybridized carbons (Fsp3) is 0.278. The van der Waals surface area contributed by atoms with Gasteiger partial charge in [-0.1, -0.05) is 25.1 Å². The number of nitrogens with one attached hydrogen (secondary N) is 1. The fourth-order valence-corrected chi connectivity index (χ4v) is 3.63. The topological polar surface area (TPSA) is 94.1 Å². The summed E-state index contributed by atoms with van der Waals surface area (Å²) in [5.41, 5.74) is 0.310. The van der Waals surface area contributed by atoms with Crippen LogP contribution >= 0.6 is 0 Å². The van der Waals surface area contributed by atoms with Crippen LogP contribution in [0.25, 0.3) is 11.0 Å². The number of pyridine rings is 1. The van der Waals surface area contributed by atoms with E-state index in [-0.39, 0.29) is 16.8 Å². The second kappa shape index (κ2) is 8.19. The summed E-state index contributed by atoms with van der Waals surface area (Å²) in [5.74, 6) is -1.21. The molecule has 0 spiro atoms. The second-order valence-corrected chi connectivity index (χ2v) is 7.95. The van der Waals surface area contributed by atoms with E-state index in [0.717, 1.165) is 6.20 Å². The van der Waals surface area contributed by atoms with Crippen LogP contribution in [0.5, 0.6) is 5.88 Å². The van der Waals surface area contributed by atoms with Gasteiger partial charge in [0.15, 0.2) is 0 Å². The lowest BCUT2D eigenvalue weighted by Gasteiger charge is -2.22. The number of aromatic nitrogens is 3. The maximum absolute atomic E-state index is 13.7. The molecule has 0 saturated heterocycles. The maximum Gasteiger partial charge on any atom is 0.429 e. The van der Waals surface area contributed by atoms with Gasteiger partial charge in [-0.05, 0) is 24.6 Å². The third kappa shape index (κ3) is 5.11. The van der Waals surface area contributed by atoms with Gasteiger partial charge in [0.05, 0.1) is 16.8 Å². The van der Waals surface area contributed by atoms with E-state index in [2.05, 4.69) is 19.7 Å². The summed E-state index contributed by atoms with van der Waals surface area (Å²) >= 11 is 0. The first kappa shape index (κ1) is 20.8. The van der Waals surface area contributed by atoms with Crippen molar-refractivity contribution < 1.29 is 26.3 Å². The fourth-order valence-electron chi connectivity index (χ4n) is 2.57. The van der Waals surface area contributed by atoms with Crippen LogP contribution < -0.4 is 9.46 Å². The van der Waals surface area contributed by atoms with Gasteiger partial charge in [0, 0.05) is 18.0 Å². The molecule has 3 aromatic rings. The molecule has 0 aliphatic carbocycles. The van der Waals surface area contributed by atoms with Crippen LogP contribution in [-0.4, -0.2) is 35.3 Å². The van der Waals surface area contributed by atoms with Crippen LogP contribution in [0.3, 0.4) is 0 Å². The molecule has 0 amide bonds. The van der Waals surface area contributed by atoms with E-state index < -0.39 is 34.0 Å². The Morgan fingerprint density at radius 1 is 1.10 bits per heavy atom. The standard InChI is InChI=1S/C18H17F3N4O3S/c1-2-10-29(26,27)25-16-17(24-14-8-4-3-7-13(14)23-16)28-15(18(19,20)21)12-6-5-9-22-11-12/h3-9,11,15H,2,10H2,1H3,(H,23,25). The number of hydrogen-bond acceptors (Lipinski definition) is 6. The minimum atomic E-state index is -4.80. The number of rotatable bonds is 7. The second-order valence-electron chi connectivity index (χ2n) is 6.11. The molecule has 1 aromatic carbocycles. The Bertz CT molecular complexity index is 1090. The maximum atomic E-state index is 13.7. The SMILES string of the molecule is CCCS(=O)(=O)Nc1nc2ccccc2nc1OC(c1cccnc1)C(F)(F)F. The van der Waals surface area contributed by atoms with E-state index in [9.17, 15) is 21.6 Å². The number of ether oxygens (including phenoxy) is 1. The van der Waals surface area contributed by atoms with Gasteiger partial charge in [0.1, 0.15) is 0 Å². The average molecular weight is 426 g/mol. The van der Waals surface area contributed by atoms with E-state index >= 15 is 0 Å². The number of para-hydroxylation sites is 2. The Morgan fingerprint density at radius 2 is 1.79 bits per heavy atom. The molecule has 2 heterocycles. The van der Waals surface area contributed by atoms with Gasteiger partial charge in [-0.3, -0.25) is 9.71 Å². The summed E-state index contributed by atoms with van der Waals surface area (Å²) in [6.07, 6.45) is -4.53. The molecule has 0 fully saturated rings. The molecule has 0 saturated carbocycles. The third-order valence-electron chi connectivity index (χ3n) is 3.78. The van der Waals surface area contributed by atoms with Crippen molar-refractivity contribution in [2.45, 2.75) is 25.6 Å². The van der Waals surface area contributed by atoms with Gasteiger partial charge in [0.25, 0.3) is 5.88 Å². The van der Waals surface area contributed by atoms with Gasteiger partial charge in [0.2, 0.25) is 21.9 Å². The Labute approximate surface area is 165 Å². The van der Waals surface area contributed by atoms with Crippen LogP contribution in [0, 0.1) is 0 Å².